The molecule has 2 aliphatic carbocycles. The van der Waals surface area contributed by atoms with E-state index < -0.39 is 10.8 Å². The molecule has 0 saturated heterocycles. The summed E-state index contributed by atoms with van der Waals surface area (Å²) in [5, 5.41) is 14.1. The molecule has 5 nitrogen and oxygen atoms in total. The summed E-state index contributed by atoms with van der Waals surface area (Å²) in [7, 11) is 0. The van der Waals surface area contributed by atoms with E-state index in [9.17, 15) is 14.9 Å². The predicted octanol–water partition coefficient (Wildman–Crippen LogP) is 3.45. The molecule has 2 atom stereocenters. The van der Waals surface area contributed by atoms with Crippen LogP contribution in [0.1, 0.15) is 48.8 Å². The van der Waals surface area contributed by atoms with Gasteiger partial charge in [-0.2, -0.15) is 10.4 Å². The number of carbonyl (C=O) groups excluding carboxylic acids is 2. The number of ketones is 1. The Morgan fingerprint density at radius 2 is 1.96 bits per heavy atom. The molecule has 136 valence electrons. The lowest BCUT2D eigenvalue weighted by atomic mass is 9.52. The molecule has 0 amide bonds. The Morgan fingerprint density at radius 3 is 2.63 bits per heavy atom. The minimum atomic E-state index is -0.639. The van der Waals surface area contributed by atoms with Crippen molar-refractivity contribution in [3.8, 4) is 6.07 Å². The van der Waals surface area contributed by atoms with Crippen LogP contribution in [-0.2, 0) is 16.6 Å². The highest BCUT2D eigenvalue weighted by Gasteiger charge is 2.55. The van der Waals surface area contributed by atoms with Gasteiger partial charge in [0, 0.05) is 22.6 Å². The predicted molar refractivity (Wildman–Crippen MR) is 100 cm³/mol. The van der Waals surface area contributed by atoms with Crippen molar-refractivity contribution in [2.45, 2.75) is 39.0 Å². The van der Waals surface area contributed by atoms with Gasteiger partial charge in [-0.05, 0) is 36.5 Å². The van der Waals surface area contributed by atoms with Gasteiger partial charge in [0.05, 0.1) is 11.3 Å². The van der Waals surface area contributed by atoms with Crippen LogP contribution in [0.2, 0.25) is 0 Å². The molecule has 2 aliphatic rings. The first-order chi connectivity index (χ1) is 12.8. The van der Waals surface area contributed by atoms with Gasteiger partial charge in [-0.15, -0.1) is 0 Å². The van der Waals surface area contributed by atoms with E-state index in [2.05, 4.69) is 11.2 Å². The van der Waals surface area contributed by atoms with Crippen molar-refractivity contribution in [3.63, 3.8) is 0 Å². The van der Waals surface area contributed by atoms with Gasteiger partial charge in [0.1, 0.15) is 6.07 Å². The average Bonchev–Trinajstić information content (AvgIpc) is 3.10. The quantitative estimate of drug-likeness (QED) is 0.781. The molecule has 0 spiro atoms. The summed E-state index contributed by atoms with van der Waals surface area (Å²) in [6.07, 6.45) is 5.16. The molecule has 0 bridgehead atoms. The van der Waals surface area contributed by atoms with E-state index in [-0.39, 0.29) is 23.2 Å². The molecular formula is C22H21N3O2. The Bertz CT molecular complexity index is 1020. The van der Waals surface area contributed by atoms with Crippen LogP contribution < -0.4 is 0 Å². The van der Waals surface area contributed by atoms with Gasteiger partial charge in [-0.1, -0.05) is 45.0 Å². The number of Topliss-reactive ketones (excluding diaryl/α,β-unsaturated/α-hetero) is 1. The SMILES string of the molecule is CC1(C)C(=O)C(C#N)=C[C@]2(C)c3nn(C(=O)c4ccccc4)cc3CC[C@@H]12. The lowest BCUT2D eigenvalue weighted by Gasteiger charge is -2.49. The number of nitriles is 1. The topological polar surface area (TPSA) is 75.8 Å². The number of aromatic nitrogens is 2. The first kappa shape index (κ1) is 17.4. The molecule has 0 unspecified atom stereocenters. The first-order valence-corrected chi connectivity index (χ1v) is 9.15. The molecule has 0 fully saturated rings. The zero-order valence-electron chi connectivity index (χ0n) is 15.7. The Balaban J connectivity index is 1.84. The van der Waals surface area contributed by atoms with Crippen molar-refractivity contribution >= 4 is 11.7 Å². The molecule has 1 aromatic carbocycles. The van der Waals surface area contributed by atoms with Crippen LogP contribution in [0.15, 0.2) is 48.2 Å². The summed E-state index contributed by atoms with van der Waals surface area (Å²) in [5.41, 5.74) is 1.40. The van der Waals surface area contributed by atoms with Crippen molar-refractivity contribution in [3.05, 3.63) is 65.0 Å². The monoisotopic (exact) mass is 359 g/mol. The van der Waals surface area contributed by atoms with Crippen LogP contribution in [0.25, 0.3) is 0 Å². The largest absolute Gasteiger partial charge is 0.293 e. The Morgan fingerprint density at radius 1 is 1.26 bits per heavy atom. The van der Waals surface area contributed by atoms with E-state index in [1.807, 2.05) is 39.0 Å². The number of hydrogen-bond acceptors (Lipinski definition) is 4. The minimum absolute atomic E-state index is 0.0391. The van der Waals surface area contributed by atoms with Crippen LogP contribution >= 0.6 is 0 Å². The van der Waals surface area contributed by atoms with E-state index in [0.717, 1.165) is 24.1 Å². The number of fused-ring (bicyclic) bond motifs is 3. The smallest absolute Gasteiger partial charge is 0.278 e. The van der Waals surface area contributed by atoms with Gasteiger partial charge in [0.25, 0.3) is 5.91 Å². The maximum atomic E-state index is 12.8. The summed E-state index contributed by atoms with van der Waals surface area (Å²) in [5.74, 6) is -0.242. The van der Waals surface area contributed by atoms with Gasteiger partial charge in [-0.25, -0.2) is 4.68 Å². The molecule has 0 saturated carbocycles. The summed E-state index contributed by atoms with van der Waals surface area (Å²) in [4.78, 5) is 25.5. The van der Waals surface area contributed by atoms with E-state index in [1.165, 1.54) is 4.68 Å². The summed E-state index contributed by atoms with van der Waals surface area (Å²) in [6.45, 7) is 5.87. The summed E-state index contributed by atoms with van der Waals surface area (Å²) >= 11 is 0. The fourth-order valence-corrected chi connectivity index (χ4v) is 4.86. The number of nitrogens with zero attached hydrogens (tertiary/aromatic N) is 3. The highest BCUT2D eigenvalue weighted by Crippen LogP contribution is 2.54. The van der Waals surface area contributed by atoms with Crippen molar-refractivity contribution in [2.75, 3.05) is 0 Å². The van der Waals surface area contributed by atoms with E-state index in [0.29, 0.717) is 5.56 Å². The lowest BCUT2D eigenvalue weighted by molar-refractivity contribution is -0.128. The van der Waals surface area contributed by atoms with E-state index in [1.54, 1.807) is 24.4 Å². The van der Waals surface area contributed by atoms with Crippen molar-refractivity contribution in [2.24, 2.45) is 11.3 Å². The maximum absolute atomic E-state index is 12.8. The highest BCUT2D eigenvalue weighted by atomic mass is 16.2. The van der Waals surface area contributed by atoms with Crippen LogP contribution in [0, 0.1) is 22.7 Å². The zero-order chi connectivity index (χ0) is 19.4. The summed E-state index contributed by atoms with van der Waals surface area (Å²) < 4.78 is 1.40. The summed E-state index contributed by atoms with van der Waals surface area (Å²) in [6, 6.07) is 11.1. The Hall–Kier alpha value is -3.00. The minimum Gasteiger partial charge on any atom is -0.293 e. The lowest BCUT2D eigenvalue weighted by Crippen LogP contribution is -2.51. The molecule has 4 rings (SSSR count). The Kier molecular flexibility index (Phi) is 3.71. The second kappa shape index (κ2) is 5.75. The number of aryl methyl sites for hydroxylation is 1. The third-order valence-corrected chi connectivity index (χ3v) is 6.22. The maximum Gasteiger partial charge on any atom is 0.278 e. The molecule has 5 heteroatoms. The van der Waals surface area contributed by atoms with Crippen molar-refractivity contribution in [1.82, 2.24) is 9.78 Å². The Labute approximate surface area is 158 Å². The standard InChI is InChI=1S/C22H21N3O2/c1-21(2)17-10-9-15-13-25(20(27)14-7-5-4-6-8-14)24-18(15)22(17,3)11-16(12-23)19(21)26/h4-8,11,13,17H,9-10H2,1-3H3/t17-,22-/m0/s1. The van der Waals surface area contributed by atoms with Gasteiger partial charge in [0.2, 0.25) is 0 Å². The fraction of sp³-hybridized carbons (Fsp3) is 0.364. The van der Waals surface area contributed by atoms with Crippen molar-refractivity contribution in [1.29, 1.82) is 5.26 Å². The van der Waals surface area contributed by atoms with Crippen LogP contribution in [0.5, 0.6) is 0 Å². The number of benzene rings is 1. The molecule has 0 radical (unpaired) electrons. The zero-order valence-corrected chi connectivity index (χ0v) is 15.7. The van der Waals surface area contributed by atoms with E-state index in [4.69, 9.17) is 0 Å². The third kappa shape index (κ3) is 2.40. The third-order valence-electron chi connectivity index (χ3n) is 6.22. The van der Waals surface area contributed by atoms with Crippen LogP contribution in [0.4, 0.5) is 0 Å². The molecule has 0 aliphatic heterocycles. The number of allylic oxidation sites excluding steroid dienone is 2. The van der Waals surface area contributed by atoms with E-state index >= 15 is 0 Å². The highest BCUT2D eigenvalue weighted by molar-refractivity contribution is 6.04. The van der Waals surface area contributed by atoms with Gasteiger partial charge >= 0.3 is 0 Å². The van der Waals surface area contributed by atoms with Gasteiger partial charge < -0.3 is 0 Å². The van der Waals surface area contributed by atoms with Crippen molar-refractivity contribution < 1.29 is 9.59 Å². The molecule has 1 aromatic heterocycles. The normalized spacial score (nSPS) is 25.8. The number of carbonyl (C=O) groups is 2. The second-order valence-electron chi connectivity index (χ2n) is 8.21. The van der Waals surface area contributed by atoms with Gasteiger partial charge in [0.15, 0.2) is 5.78 Å². The van der Waals surface area contributed by atoms with Crippen LogP contribution in [0.3, 0.4) is 0 Å². The molecule has 0 N–H and O–H groups in total. The average molecular weight is 359 g/mol. The molecular weight excluding hydrogens is 338 g/mol. The molecule has 2 aromatic rings. The second-order valence-corrected chi connectivity index (χ2v) is 8.21. The fourth-order valence-electron chi connectivity index (χ4n) is 4.86. The number of rotatable bonds is 1. The number of hydrogen-bond donors (Lipinski definition) is 0. The molecule has 27 heavy (non-hydrogen) atoms. The first-order valence-electron chi connectivity index (χ1n) is 9.15. The van der Waals surface area contributed by atoms with Gasteiger partial charge in [-0.3, -0.25) is 9.59 Å². The molecule has 1 heterocycles. The van der Waals surface area contributed by atoms with Crippen LogP contribution in [-0.4, -0.2) is 21.5 Å².